The Morgan fingerprint density at radius 2 is 1.96 bits per heavy atom. The first-order chi connectivity index (χ1) is 10.9. The molecule has 122 valence electrons. The Balaban J connectivity index is 1.65. The van der Waals surface area contributed by atoms with E-state index in [2.05, 4.69) is 5.32 Å². The summed E-state index contributed by atoms with van der Waals surface area (Å²) < 4.78 is 10.6. The van der Waals surface area contributed by atoms with Crippen molar-refractivity contribution in [3.8, 4) is 5.75 Å². The zero-order chi connectivity index (χ0) is 16.6. The maximum Gasteiger partial charge on any atom is 0.342 e. The van der Waals surface area contributed by atoms with E-state index in [1.807, 2.05) is 0 Å². The van der Waals surface area contributed by atoms with E-state index in [0.29, 0.717) is 6.42 Å². The number of fused-ring (bicyclic) bond motifs is 1. The number of rotatable bonds is 4. The highest BCUT2D eigenvalue weighted by atomic mass is 16.6. The van der Waals surface area contributed by atoms with Gasteiger partial charge in [-0.25, -0.2) is 4.79 Å². The standard InChI is InChI=1S/C17H19NO5/c1-10(19)18-17-8-7-13(17)15(9-17)23-16(21)12-5-3-4-6-14(12)22-11(2)20/h3-6,13,15H,7-9H2,1-2H3,(H,18,19). The van der Waals surface area contributed by atoms with E-state index in [1.54, 1.807) is 24.3 Å². The monoisotopic (exact) mass is 317 g/mol. The number of carbonyl (C=O) groups is 3. The quantitative estimate of drug-likeness (QED) is 0.677. The zero-order valence-corrected chi connectivity index (χ0v) is 13.1. The largest absolute Gasteiger partial charge is 0.458 e. The first-order valence-electron chi connectivity index (χ1n) is 7.68. The second-order valence-corrected chi connectivity index (χ2v) is 6.22. The molecule has 3 rings (SSSR count). The molecule has 0 bridgehead atoms. The molecule has 2 aliphatic carbocycles. The minimum Gasteiger partial charge on any atom is -0.458 e. The van der Waals surface area contributed by atoms with Gasteiger partial charge in [0.2, 0.25) is 5.91 Å². The highest BCUT2D eigenvalue weighted by Crippen LogP contribution is 2.55. The Morgan fingerprint density at radius 3 is 2.52 bits per heavy atom. The predicted molar refractivity (Wildman–Crippen MR) is 80.8 cm³/mol. The van der Waals surface area contributed by atoms with E-state index in [0.717, 1.165) is 12.8 Å². The zero-order valence-electron chi connectivity index (χ0n) is 13.1. The van der Waals surface area contributed by atoms with Gasteiger partial charge in [0.25, 0.3) is 0 Å². The smallest absolute Gasteiger partial charge is 0.342 e. The van der Waals surface area contributed by atoms with Gasteiger partial charge in [-0.15, -0.1) is 0 Å². The number of nitrogens with one attached hydrogen (secondary N) is 1. The molecule has 0 spiro atoms. The van der Waals surface area contributed by atoms with Crippen LogP contribution in [0.5, 0.6) is 5.75 Å². The van der Waals surface area contributed by atoms with Crippen molar-refractivity contribution >= 4 is 17.8 Å². The highest BCUT2D eigenvalue weighted by molar-refractivity contribution is 5.93. The van der Waals surface area contributed by atoms with E-state index >= 15 is 0 Å². The Labute approximate surface area is 134 Å². The van der Waals surface area contributed by atoms with E-state index < -0.39 is 11.9 Å². The summed E-state index contributed by atoms with van der Waals surface area (Å²) in [4.78, 5) is 34.7. The van der Waals surface area contributed by atoms with Gasteiger partial charge in [0, 0.05) is 31.7 Å². The molecule has 2 aliphatic rings. The van der Waals surface area contributed by atoms with Crippen LogP contribution < -0.4 is 10.1 Å². The SMILES string of the molecule is CC(=O)NC12CCC1C(OC(=O)c1ccccc1OC(C)=O)C2. The molecular weight excluding hydrogens is 298 g/mol. The molecule has 1 aromatic carbocycles. The summed E-state index contributed by atoms with van der Waals surface area (Å²) >= 11 is 0. The third-order valence-corrected chi connectivity index (χ3v) is 4.67. The van der Waals surface area contributed by atoms with Crippen molar-refractivity contribution in [1.29, 1.82) is 0 Å². The summed E-state index contributed by atoms with van der Waals surface area (Å²) in [6, 6.07) is 6.51. The van der Waals surface area contributed by atoms with Gasteiger partial charge in [0.1, 0.15) is 17.4 Å². The molecule has 6 heteroatoms. The van der Waals surface area contributed by atoms with Gasteiger partial charge in [-0.05, 0) is 25.0 Å². The van der Waals surface area contributed by atoms with Crippen LogP contribution in [0.25, 0.3) is 0 Å². The van der Waals surface area contributed by atoms with Crippen molar-refractivity contribution in [2.75, 3.05) is 0 Å². The van der Waals surface area contributed by atoms with Gasteiger partial charge < -0.3 is 14.8 Å². The number of para-hydroxylation sites is 1. The van der Waals surface area contributed by atoms with Crippen molar-refractivity contribution in [2.24, 2.45) is 5.92 Å². The summed E-state index contributed by atoms with van der Waals surface area (Å²) in [5, 5.41) is 2.97. The predicted octanol–water partition coefficient (Wildman–Crippen LogP) is 1.83. The number of benzene rings is 1. The minimum absolute atomic E-state index is 0.0559. The molecule has 2 saturated carbocycles. The fourth-order valence-electron chi connectivity index (χ4n) is 3.56. The van der Waals surface area contributed by atoms with E-state index in [1.165, 1.54) is 13.8 Å². The molecule has 1 N–H and O–H groups in total. The van der Waals surface area contributed by atoms with Crippen LogP contribution in [0.2, 0.25) is 0 Å². The van der Waals surface area contributed by atoms with Gasteiger partial charge in [0.15, 0.2) is 0 Å². The van der Waals surface area contributed by atoms with Crippen LogP contribution in [0.15, 0.2) is 24.3 Å². The molecule has 0 aromatic heterocycles. The topological polar surface area (TPSA) is 81.7 Å². The van der Waals surface area contributed by atoms with Crippen molar-refractivity contribution < 1.29 is 23.9 Å². The van der Waals surface area contributed by atoms with Gasteiger partial charge >= 0.3 is 11.9 Å². The molecule has 0 heterocycles. The van der Waals surface area contributed by atoms with Crippen LogP contribution in [-0.2, 0) is 14.3 Å². The number of hydrogen-bond acceptors (Lipinski definition) is 5. The van der Waals surface area contributed by atoms with Crippen molar-refractivity contribution in [3.63, 3.8) is 0 Å². The van der Waals surface area contributed by atoms with Gasteiger partial charge in [-0.3, -0.25) is 9.59 Å². The first kappa shape index (κ1) is 15.5. The van der Waals surface area contributed by atoms with Gasteiger partial charge in [0.05, 0.1) is 0 Å². The van der Waals surface area contributed by atoms with Crippen LogP contribution in [-0.4, -0.2) is 29.5 Å². The summed E-state index contributed by atoms with van der Waals surface area (Å²) in [5.41, 5.74) is 0.0469. The molecule has 23 heavy (non-hydrogen) atoms. The Morgan fingerprint density at radius 1 is 1.22 bits per heavy atom. The number of amides is 1. The molecule has 3 unspecified atom stereocenters. The molecule has 0 aliphatic heterocycles. The summed E-state index contributed by atoms with van der Waals surface area (Å²) in [6.07, 6.45) is 2.30. The normalized spacial score (nSPS) is 27.7. The lowest BCUT2D eigenvalue weighted by atomic mass is 9.51. The summed E-state index contributed by atoms with van der Waals surface area (Å²) in [5.74, 6) is -0.672. The molecule has 3 atom stereocenters. The number of hydrogen-bond donors (Lipinski definition) is 1. The van der Waals surface area contributed by atoms with Crippen LogP contribution in [0.4, 0.5) is 0 Å². The first-order valence-corrected chi connectivity index (χ1v) is 7.68. The average molecular weight is 317 g/mol. The maximum absolute atomic E-state index is 12.4. The van der Waals surface area contributed by atoms with E-state index in [-0.39, 0.29) is 34.8 Å². The molecule has 2 fully saturated rings. The van der Waals surface area contributed by atoms with Gasteiger partial charge in [-0.2, -0.15) is 0 Å². The van der Waals surface area contributed by atoms with Crippen LogP contribution in [0.1, 0.15) is 43.5 Å². The van der Waals surface area contributed by atoms with Crippen LogP contribution in [0.3, 0.4) is 0 Å². The fourth-order valence-corrected chi connectivity index (χ4v) is 3.56. The molecule has 1 amide bonds. The van der Waals surface area contributed by atoms with Crippen LogP contribution >= 0.6 is 0 Å². The van der Waals surface area contributed by atoms with Crippen molar-refractivity contribution in [1.82, 2.24) is 5.32 Å². The number of carbonyl (C=O) groups excluding carboxylic acids is 3. The summed E-state index contributed by atoms with van der Waals surface area (Å²) in [7, 11) is 0. The average Bonchev–Trinajstić information content (AvgIpc) is 2.45. The lowest BCUT2D eigenvalue weighted by molar-refractivity contribution is -0.153. The molecule has 6 nitrogen and oxygen atoms in total. The number of ether oxygens (including phenoxy) is 2. The highest BCUT2D eigenvalue weighted by Gasteiger charge is 2.62. The Bertz CT molecular complexity index is 671. The van der Waals surface area contributed by atoms with Crippen molar-refractivity contribution in [3.05, 3.63) is 29.8 Å². The summed E-state index contributed by atoms with van der Waals surface area (Å²) in [6.45, 7) is 2.78. The fraction of sp³-hybridized carbons (Fsp3) is 0.471. The maximum atomic E-state index is 12.4. The van der Waals surface area contributed by atoms with Crippen LogP contribution in [0, 0.1) is 5.92 Å². The molecule has 0 saturated heterocycles. The minimum atomic E-state index is -0.504. The molecule has 1 aromatic rings. The van der Waals surface area contributed by atoms with Crippen molar-refractivity contribution in [2.45, 2.75) is 44.8 Å². The lowest BCUT2D eigenvalue weighted by Crippen LogP contribution is -2.72. The number of esters is 2. The molecule has 0 radical (unpaired) electrons. The third kappa shape index (κ3) is 2.81. The second-order valence-electron chi connectivity index (χ2n) is 6.22. The van der Waals surface area contributed by atoms with E-state index in [9.17, 15) is 14.4 Å². The lowest BCUT2D eigenvalue weighted by Gasteiger charge is -2.62. The Kier molecular flexibility index (Phi) is 3.83. The molecular formula is C17H19NO5. The second kappa shape index (κ2) is 5.68. The third-order valence-electron chi connectivity index (χ3n) is 4.67. The Hall–Kier alpha value is -2.37. The van der Waals surface area contributed by atoms with Gasteiger partial charge in [-0.1, -0.05) is 12.1 Å². The van der Waals surface area contributed by atoms with E-state index in [4.69, 9.17) is 9.47 Å².